The zero-order valence-corrected chi connectivity index (χ0v) is 16.6. The average molecular weight is 403 g/mol. The van der Waals surface area contributed by atoms with Gasteiger partial charge in [0.25, 0.3) is 0 Å². The molecule has 0 saturated heterocycles. The molecule has 27 heavy (non-hydrogen) atoms. The van der Waals surface area contributed by atoms with Gasteiger partial charge < -0.3 is 19.5 Å². The van der Waals surface area contributed by atoms with Crippen molar-refractivity contribution in [2.24, 2.45) is 7.05 Å². The molecule has 3 aromatic heterocycles. The highest BCUT2D eigenvalue weighted by Gasteiger charge is 2.24. The summed E-state index contributed by atoms with van der Waals surface area (Å²) in [7, 11) is 1.85. The summed E-state index contributed by atoms with van der Waals surface area (Å²) in [5.41, 5.74) is 7.64. The van der Waals surface area contributed by atoms with Crippen molar-refractivity contribution in [2.75, 3.05) is 12.3 Å². The van der Waals surface area contributed by atoms with Gasteiger partial charge in [-0.3, -0.25) is 0 Å². The largest absolute Gasteiger partial charge is 0.469 e. The van der Waals surface area contributed by atoms with E-state index in [1.54, 1.807) is 13.2 Å². The Balaban J connectivity index is 1.88. The molecule has 3 heterocycles. The second-order valence-electron chi connectivity index (χ2n) is 5.53. The number of carbonyl (C=O) groups is 1. The molecule has 10 heteroatoms. The van der Waals surface area contributed by atoms with Crippen LogP contribution >= 0.6 is 23.1 Å². The number of esters is 1. The Morgan fingerprint density at radius 1 is 1.52 bits per heavy atom. The number of carbonyl (C=O) groups excluding carboxylic acids is 1. The lowest BCUT2D eigenvalue weighted by Crippen LogP contribution is -2.05. The Morgan fingerprint density at radius 2 is 2.30 bits per heavy atom. The predicted octanol–water partition coefficient (Wildman–Crippen LogP) is 3.37. The Hall–Kier alpha value is -2.77. The first-order chi connectivity index (χ1) is 13.0. The summed E-state index contributed by atoms with van der Waals surface area (Å²) in [6.07, 6.45) is 1.60. The summed E-state index contributed by atoms with van der Waals surface area (Å²) < 4.78 is 12.2. The first kappa shape index (κ1) is 19.0. The van der Waals surface area contributed by atoms with Crippen molar-refractivity contribution in [1.82, 2.24) is 14.8 Å². The molecule has 0 saturated carbocycles. The standard InChI is InChI=1S/C17H17N5O3S2/c1-4-24-16(23)13-12(11(7-18)14(19)27-13)8-26-17-21-20-15(22(17)3)10-5-6-25-9(10)2/h5-6H,4,8,19H2,1-3H3. The monoisotopic (exact) mass is 403 g/mol. The number of nitriles is 1. The molecule has 2 N–H and O–H groups in total. The fraction of sp³-hybridized carbons (Fsp3) is 0.294. The van der Waals surface area contributed by atoms with Crippen LogP contribution in [0.25, 0.3) is 11.4 Å². The van der Waals surface area contributed by atoms with E-state index >= 15 is 0 Å². The number of thioether (sulfide) groups is 1. The number of ether oxygens (including phenoxy) is 1. The maximum absolute atomic E-state index is 12.2. The van der Waals surface area contributed by atoms with Gasteiger partial charge in [-0.2, -0.15) is 5.26 Å². The van der Waals surface area contributed by atoms with E-state index in [0.29, 0.717) is 37.7 Å². The van der Waals surface area contributed by atoms with Crippen LogP contribution in [0.1, 0.15) is 33.5 Å². The quantitative estimate of drug-likeness (QED) is 0.491. The zero-order chi connectivity index (χ0) is 19.6. The highest BCUT2D eigenvalue weighted by atomic mass is 32.2. The zero-order valence-electron chi connectivity index (χ0n) is 15.0. The number of furan rings is 1. The van der Waals surface area contributed by atoms with Crippen molar-refractivity contribution in [3.05, 3.63) is 34.1 Å². The van der Waals surface area contributed by atoms with Gasteiger partial charge in [-0.25, -0.2) is 4.79 Å². The third-order valence-corrected chi connectivity index (χ3v) is 5.98. The summed E-state index contributed by atoms with van der Waals surface area (Å²) in [5.74, 6) is 1.31. The second kappa shape index (κ2) is 7.85. The van der Waals surface area contributed by atoms with Gasteiger partial charge in [0.2, 0.25) is 0 Å². The van der Waals surface area contributed by atoms with Crippen molar-refractivity contribution < 1.29 is 13.9 Å². The SMILES string of the molecule is CCOC(=O)c1sc(N)c(C#N)c1CSc1nnc(-c2ccoc2C)n1C. The molecule has 0 unspecified atom stereocenters. The number of thiophene rings is 1. The predicted molar refractivity (Wildman–Crippen MR) is 102 cm³/mol. The molecule has 0 aliphatic carbocycles. The maximum Gasteiger partial charge on any atom is 0.348 e. The Kier molecular flexibility index (Phi) is 5.53. The summed E-state index contributed by atoms with van der Waals surface area (Å²) >= 11 is 2.44. The van der Waals surface area contributed by atoms with Crippen LogP contribution in [0.3, 0.4) is 0 Å². The molecular weight excluding hydrogens is 386 g/mol. The lowest BCUT2D eigenvalue weighted by atomic mass is 10.2. The Bertz CT molecular complexity index is 1030. The van der Waals surface area contributed by atoms with Crippen LogP contribution in [0.5, 0.6) is 0 Å². The first-order valence-electron chi connectivity index (χ1n) is 8.02. The molecule has 3 rings (SSSR count). The number of rotatable bonds is 6. The number of nitrogens with zero attached hydrogens (tertiary/aromatic N) is 4. The van der Waals surface area contributed by atoms with Gasteiger partial charge in [0.1, 0.15) is 21.7 Å². The minimum Gasteiger partial charge on any atom is -0.469 e. The summed E-state index contributed by atoms with van der Waals surface area (Å²) in [5, 5.41) is 18.8. The number of nitrogen functional groups attached to an aromatic ring is 1. The van der Waals surface area contributed by atoms with Crippen LogP contribution in [-0.4, -0.2) is 27.3 Å². The van der Waals surface area contributed by atoms with Crippen molar-refractivity contribution in [2.45, 2.75) is 24.8 Å². The maximum atomic E-state index is 12.2. The molecule has 0 spiro atoms. The van der Waals surface area contributed by atoms with E-state index in [1.165, 1.54) is 11.8 Å². The van der Waals surface area contributed by atoms with Gasteiger partial charge in [-0.1, -0.05) is 11.8 Å². The van der Waals surface area contributed by atoms with Crippen LogP contribution in [-0.2, 0) is 17.5 Å². The summed E-state index contributed by atoms with van der Waals surface area (Å²) in [4.78, 5) is 12.5. The van der Waals surface area contributed by atoms with Crippen LogP contribution in [0, 0.1) is 18.3 Å². The van der Waals surface area contributed by atoms with E-state index in [2.05, 4.69) is 16.3 Å². The first-order valence-corrected chi connectivity index (χ1v) is 9.83. The minimum absolute atomic E-state index is 0.252. The van der Waals surface area contributed by atoms with Gasteiger partial charge in [0.15, 0.2) is 11.0 Å². The Morgan fingerprint density at radius 3 is 2.93 bits per heavy atom. The normalized spacial score (nSPS) is 10.7. The molecule has 0 bridgehead atoms. The summed E-state index contributed by atoms with van der Waals surface area (Å²) in [6.45, 7) is 3.84. The van der Waals surface area contributed by atoms with Gasteiger partial charge in [0, 0.05) is 18.4 Å². The van der Waals surface area contributed by atoms with Crippen molar-refractivity contribution in [1.29, 1.82) is 5.26 Å². The third-order valence-electron chi connectivity index (χ3n) is 3.89. The second-order valence-corrected chi connectivity index (χ2v) is 7.52. The number of hydrogen-bond donors (Lipinski definition) is 1. The van der Waals surface area contributed by atoms with E-state index in [-0.39, 0.29) is 6.61 Å². The van der Waals surface area contributed by atoms with Gasteiger partial charge in [-0.05, 0) is 19.9 Å². The highest BCUT2D eigenvalue weighted by molar-refractivity contribution is 7.98. The van der Waals surface area contributed by atoms with E-state index in [0.717, 1.165) is 22.7 Å². The van der Waals surface area contributed by atoms with Crippen molar-refractivity contribution >= 4 is 34.1 Å². The lowest BCUT2D eigenvalue weighted by Gasteiger charge is -2.05. The fourth-order valence-electron chi connectivity index (χ4n) is 2.54. The molecule has 0 fully saturated rings. The van der Waals surface area contributed by atoms with Gasteiger partial charge in [0.05, 0.1) is 24.0 Å². The van der Waals surface area contributed by atoms with Crippen LogP contribution in [0.2, 0.25) is 0 Å². The van der Waals surface area contributed by atoms with E-state index in [9.17, 15) is 10.1 Å². The average Bonchev–Trinajstić information content (AvgIpc) is 3.30. The Labute approximate surface area is 163 Å². The van der Waals surface area contributed by atoms with Crippen LogP contribution < -0.4 is 5.73 Å². The van der Waals surface area contributed by atoms with Crippen molar-refractivity contribution in [3.63, 3.8) is 0 Å². The molecular formula is C17H17N5O3S2. The highest BCUT2D eigenvalue weighted by Crippen LogP contribution is 2.36. The number of hydrogen-bond acceptors (Lipinski definition) is 9. The van der Waals surface area contributed by atoms with Crippen molar-refractivity contribution in [3.8, 4) is 17.5 Å². The number of aromatic nitrogens is 3. The minimum atomic E-state index is -0.473. The molecule has 0 aliphatic heterocycles. The number of aryl methyl sites for hydroxylation is 1. The molecule has 0 atom stereocenters. The molecule has 3 aromatic rings. The number of anilines is 1. The molecule has 8 nitrogen and oxygen atoms in total. The molecule has 0 aromatic carbocycles. The van der Waals surface area contributed by atoms with E-state index in [4.69, 9.17) is 14.9 Å². The van der Waals surface area contributed by atoms with Crippen LogP contribution in [0.4, 0.5) is 5.00 Å². The van der Waals surface area contributed by atoms with E-state index in [1.807, 2.05) is 24.6 Å². The topological polar surface area (TPSA) is 120 Å². The molecule has 140 valence electrons. The van der Waals surface area contributed by atoms with E-state index < -0.39 is 5.97 Å². The fourth-order valence-corrected chi connectivity index (χ4v) is 4.50. The third kappa shape index (κ3) is 3.56. The number of nitrogens with two attached hydrogens (primary N) is 1. The van der Waals surface area contributed by atoms with Crippen LogP contribution in [0.15, 0.2) is 21.9 Å². The lowest BCUT2D eigenvalue weighted by molar-refractivity contribution is 0.0531. The van der Waals surface area contributed by atoms with Gasteiger partial charge >= 0.3 is 5.97 Å². The molecule has 0 amide bonds. The van der Waals surface area contributed by atoms with Gasteiger partial charge in [-0.15, -0.1) is 21.5 Å². The smallest absolute Gasteiger partial charge is 0.348 e. The molecule has 0 aliphatic rings. The molecule has 0 radical (unpaired) electrons. The summed E-state index contributed by atoms with van der Waals surface area (Å²) in [6, 6.07) is 3.91.